The second-order valence-electron chi connectivity index (χ2n) is 4.24. The zero-order valence-electron chi connectivity index (χ0n) is 8.78. The Morgan fingerprint density at radius 2 is 1.93 bits per heavy atom. The minimum absolute atomic E-state index is 1.14. The van der Waals surface area contributed by atoms with Gasteiger partial charge in [0.15, 0.2) is 0 Å². The molecule has 0 radical (unpaired) electrons. The van der Waals surface area contributed by atoms with Gasteiger partial charge in [-0.1, -0.05) is 41.1 Å². The summed E-state index contributed by atoms with van der Waals surface area (Å²) in [6.45, 7) is 2.28. The molecule has 1 aliphatic rings. The van der Waals surface area contributed by atoms with Crippen molar-refractivity contribution in [2.45, 2.75) is 43.5 Å². The van der Waals surface area contributed by atoms with E-state index in [0.717, 1.165) is 4.43 Å². The maximum Gasteiger partial charge on any atom is 0.0247 e. The molecule has 0 spiro atoms. The van der Waals surface area contributed by atoms with Crippen LogP contribution in [0.4, 0.5) is 0 Å². The Morgan fingerprint density at radius 3 is 2.71 bits per heavy atom. The van der Waals surface area contributed by atoms with Crippen LogP contribution in [0, 0.1) is 6.92 Å². The molecule has 0 aromatic heterocycles. The minimum Gasteiger partial charge on any atom is -0.0812 e. The molecule has 0 heterocycles. The summed E-state index contributed by atoms with van der Waals surface area (Å²) in [6, 6.07) is 4.80. The van der Waals surface area contributed by atoms with Gasteiger partial charge in [0, 0.05) is 4.43 Å². The van der Waals surface area contributed by atoms with Crippen molar-refractivity contribution in [3.63, 3.8) is 0 Å². The van der Waals surface area contributed by atoms with Crippen LogP contribution >= 0.6 is 22.6 Å². The van der Waals surface area contributed by atoms with Crippen molar-refractivity contribution in [2.24, 2.45) is 0 Å². The number of rotatable bonds is 1. The zero-order chi connectivity index (χ0) is 9.97. The van der Waals surface area contributed by atoms with Gasteiger partial charge in [-0.3, -0.25) is 0 Å². The third-order valence-electron chi connectivity index (χ3n) is 3.15. The SMILES string of the molecule is Cc1cc(CI)cc2c1CCCCC2. The highest BCUT2D eigenvalue weighted by Gasteiger charge is 2.10. The van der Waals surface area contributed by atoms with Gasteiger partial charge >= 0.3 is 0 Å². The van der Waals surface area contributed by atoms with E-state index in [9.17, 15) is 0 Å². The maximum absolute atomic E-state index is 2.45. The molecule has 1 heteroatoms. The van der Waals surface area contributed by atoms with Gasteiger partial charge < -0.3 is 0 Å². The fourth-order valence-corrected chi connectivity index (χ4v) is 2.86. The third-order valence-corrected chi connectivity index (χ3v) is 4.03. The number of hydrogen-bond acceptors (Lipinski definition) is 0. The molecule has 1 aromatic carbocycles. The van der Waals surface area contributed by atoms with Gasteiger partial charge in [0.1, 0.15) is 0 Å². The van der Waals surface area contributed by atoms with E-state index in [1.54, 1.807) is 11.1 Å². The van der Waals surface area contributed by atoms with Gasteiger partial charge in [-0.25, -0.2) is 0 Å². The summed E-state index contributed by atoms with van der Waals surface area (Å²) >= 11 is 2.45. The van der Waals surface area contributed by atoms with Crippen LogP contribution in [0.2, 0.25) is 0 Å². The van der Waals surface area contributed by atoms with Gasteiger partial charge in [0.2, 0.25) is 0 Å². The quantitative estimate of drug-likeness (QED) is 0.414. The van der Waals surface area contributed by atoms with E-state index in [1.165, 1.54) is 43.2 Å². The van der Waals surface area contributed by atoms with Crippen molar-refractivity contribution in [2.75, 3.05) is 0 Å². The lowest BCUT2D eigenvalue weighted by Gasteiger charge is -2.11. The molecule has 0 N–H and O–H groups in total. The average molecular weight is 300 g/mol. The minimum atomic E-state index is 1.14. The van der Waals surface area contributed by atoms with Crippen LogP contribution < -0.4 is 0 Å². The molecular formula is C13H17I. The first kappa shape index (κ1) is 10.5. The monoisotopic (exact) mass is 300 g/mol. The average Bonchev–Trinajstić information content (AvgIpc) is 2.42. The van der Waals surface area contributed by atoms with Crippen molar-refractivity contribution in [3.8, 4) is 0 Å². The Hall–Kier alpha value is -0.0500. The molecule has 0 nitrogen and oxygen atoms in total. The smallest absolute Gasteiger partial charge is 0.0247 e. The Bertz CT molecular complexity index is 328. The number of benzene rings is 1. The molecule has 14 heavy (non-hydrogen) atoms. The van der Waals surface area contributed by atoms with Crippen molar-refractivity contribution >= 4 is 22.6 Å². The normalized spacial score (nSPS) is 16.1. The summed E-state index contributed by atoms with van der Waals surface area (Å²) in [5.74, 6) is 0. The second-order valence-corrected chi connectivity index (χ2v) is 5.01. The van der Waals surface area contributed by atoms with E-state index in [4.69, 9.17) is 0 Å². The Kier molecular flexibility index (Phi) is 3.47. The van der Waals surface area contributed by atoms with Gasteiger partial charge in [0.05, 0.1) is 0 Å². The molecule has 0 unspecified atom stereocenters. The lowest BCUT2D eigenvalue weighted by atomic mass is 9.96. The Balaban J connectivity index is 2.43. The van der Waals surface area contributed by atoms with Crippen LogP contribution in [-0.2, 0) is 17.3 Å². The summed E-state index contributed by atoms with van der Waals surface area (Å²) in [7, 11) is 0. The number of alkyl halides is 1. The summed E-state index contributed by atoms with van der Waals surface area (Å²) < 4.78 is 1.14. The van der Waals surface area contributed by atoms with Gasteiger partial charge in [-0.05, 0) is 54.9 Å². The number of halogens is 1. The van der Waals surface area contributed by atoms with Gasteiger partial charge in [-0.15, -0.1) is 0 Å². The predicted octanol–water partition coefficient (Wildman–Crippen LogP) is 4.20. The highest BCUT2D eigenvalue weighted by molar-refractivity contribution is 14.1. The van der Waals surface area contributed by atoms with E-state index >= 15 is 0 Å². The van der Waals surface area contributed by atoms with Crippen molar-refractivity contribution in [1.82, 2.24) is 0 Å². The van der Waals surface area contributed by atoms with Crippen molar-refractivity contribution < 1.29 is 0 Å². The summed E-state index contributed by atoms with van der Waals surface area (Å²) in [5, 5.41) is 0. The molecule has 1 aromatic rings. The first-order valence-electron chi connectivity index (χ1n) is 5.48. The Morgan fingerprint density at radius 1 is 1.14 bits per heavy atom. The molecule has 0 aliphatic heterocycles. The highest BCUT2D eigenvalue weighted by Crippen LogP contribution is 2.25. The zero-order valence-corrected chi connectivity index (χ0v) is 10.9. The molecule has 76 valence electrons. The first-order valence-corrected chi connectivity index (χ1v) is 7.01. The molecule has 0 atom stereocenters. The molecular weight excluding hydrogens is 283 g/mol. The molecule has 0 saturated carbocycles. The lowest BCUT2D eigenvalue weighted by molar-refractivity contribution is 0.711. The number of aryl methyl sites for hydroxylation is 2. The van der Waals surface area contributed by atoms with Crippen LogP contribution in [-0.4, -0.2) is 0 Å². The summed E-state index contributed by atoms with van der Waals surface area (Å²) in [4.78, 5) is 0. The third kappa shape index (κ3) is 2.13. The van der Waals surface area contributed by atoms with Gasteiger partial charge in [0.25, 0.3) is 0 Å². The first-order chi connectivity index (χ1) is 6.81. The van der Waals surface area contributed by atoms with Crippen LogP contribution in [0.15, 0.2) is 12.1 Å². The van der Waals surface area contributed by atoms with E-state index < -0.39 is 0 Å². The van der Waals surface area contributed by atoms with Crippen molar-refractivity contribution in [3.05, 3.63) is 34.4 Å². The molecule has 0 saturated heterocycles. The van der Waals surface area contributed by atoms with Crippen LogP contribution in [0.25, 0.3) is 0 Å². The standard InChI is InChI=1S/C13H17I/c1-10-7-11(9-14)8-12-5-3-2-4-6-13(10)12/h7-8H,2-6,9H2,1H3. The van der Waals surface area contributed by atoms with E-state index in [-0.39, 0.29) is 0 Å². The number of fused-ring (bicyclic) bond motifs is 1. The van der Waals surface area contributed by atoms with Crippen molar-refractivity contribution in [1.29, 1.82) is 0 Å². The van der Waals surface area contributed by atoms with E-state index in [2.05, 4.69) is 41.6 Å². The largest absolute Gasteiger partial charge is 0.0812 e. The van der Waals surface area contributed by atoms with Crippen LogP contribution in [0.3, 0.4) is 0 Å². The fraction of sp³-hybridized carbons (Fsp3) is 0.538. The predicted molar refractivity (Wildman–Crippen MR) is 70.2 cm³/mol. The topological polar surface area (TPSA) is 0 Å². The summed E-state index contributed by atoms with van der Waals surface area (Å²) in [5.41, 5.74) is 6.31. The molecule has 0 bridgehead atoms. The molecule has 0 amide bonds. The molecule has 1 aliphatic carbocycles. The van der Waals surface area contributed by atoms with E-state index in [1.807, 2.05) is 0 Å². The van der Waals surface area contributed by atoms with Crippen LogP contribution in [0.1, 0.15) is 41.5 Å². The van der Waals surface area contributed by atoms with Crippen LogP contribution in [0.5, 0.6) is 0 Å². The summed E-state index contributed by atoms with van der Waals surface area (Å²) in [6.07, 6.45) is 6.80. The number of hydrogen-bond donors (Lipinski definition) is 0. The molecule has 2 rings (SSSR count). The Labute approximate surface area is 100 Å². The fourth-order valence-electron chi connectivity index (χ4n) is 2.42. The molecule has 0 fully saturated rings. The highest BCUT2D eigenvalue weighted by atomic mass is 127. The van der Waals surface area contributed by atoms with Gasteiger partial charge in [-0.2, -0.15) is 0 Å². The second kappa shape index (κ2) is 4.65. The van der Waals surface area contributed by atoms with E-state index in [0.29, 0.717) is 0 Å². The maximum atomic E-state index is 2.45. The lowest BCUT2D eigenvalue weighted by Crippen LogP contribution is -1.96.